The number of halogens is 1. The Morgan fingerprint density at radius 1 is 1.08 bits per heavy atom. The van der Waals surface area contributed by atoms with Crippen molar-refractivity contribution < 1.29 is 13.6 Å². The molecule has 1 heterocycles. The number of nitrogens with one attached hydrogen (secondary N) is 1. The van der Waals surface area contributed by atoms with Crippen molar-refractivity contribution in [2.24, 2.45) is 0 Å². The Balaban J connectivity index is 1.38. The molecule has 0 unspecified atom stereocenters. The SMILES string of the molecule is O=C(CSc1nnc(-c2ccc(F)cc2)o1)NCCCc1ccccc1. The Morgan fingerprint density at radius 3 is 2.62 bits per heavy atom. The lowest BCUT2D eigenvalue weighted by Gasteiger charge is -2.04. The highest BCUT2D eigenvalue weighted by Crippen LogP contribution is 2.23. The maximum Gasteiger partial charge on any atom is 0.277 e. The number of hydrogen-bond donors (Lipinski definition) is 1. The lowest BCUT2D eigenvalue weighted by Crippen LogP contribution is -2.26. The topological polar surface area (TPSA) is 68.0 Å². The van der Waals surface area contributed by atoms with Gasteiger partial charge in [0.15, 0.2) is 0 Å². The summed E-state index contributed by atoms with van der Waals surface area (Å²) >= 11 is 1.18. The Hall–Kier alpha value is -2.67. The van der Waals surface area contributed by atoms with E-state index >= 15 is 0 Å². The molecule has 7 heteroatoms. The van der Waals surface area contributed by atoms with E-state index in [1.165, 1.54) is 29.5 Å². The standard InChI is InChI=1S/C19H18FN3O2S/c20-16-10-8-15(9-11-16)18-22-23-19(25-18)26-13-17(24)21-12-4-7-14-5-2-1-3-6-14/h1-3,5-6,8-11H,4,7,12-13H2,(H,21,24). The first kappa shape index (κ1) is 18.1. The van der Waals surface area contributed by atoms with Crippen molar-refractivity contribution in [1.29, 1.82) is 0 Å². The van der Waals surface area contributed by atoms with E-state index in [0.29, 0.717) is 23.2 Å². The summed E-state index contributed by atoms with van der Waals surface area (Å²) in [5, 5.41) is 11.0. The van der Waals surface area contributed by atoms with Crippen LogP contribution in [0.25, 0.3) is 11.5 Å². The van der Waals surface area contributed by atoms with E-state index in [4.69, 9.17) is 4.42 Å². The van der Waals surface area contributed by atoms with Gasteiger partial charge in [-0.15, -0.1) is 10.2 Å². The largest absolute Gasteiger partial charge is 0.411 e. The van der Waals surface area contributed by atoms with Crippen molar-refractivity contribution in [2.75, 3.05) is 12.3 Å². The number of rotatable bonds is 8. The highest BCUT2D eigenvalue weighted by Gasteiger charge is 2.11. The summed E-state index contributed by atoms with van der Waals surface area (Å²) in [4.78, 5) is 11.9. The summed E-state index contributed by atoms with van der Waals surface area (Å²) in [6, 6.07) is 15.9. The van der Waals surface area contributed by atoms with Crippen LogP contribution >= 0.6 is 11.8 Å². The summed E-state index contributed by atoms with van der Waals surface area (Å²) in [7, 11) is 0. The first-order valence-corrected chi connectivity index (χ1v) is 9.22. The van der Waals surface area contributed by atoms with E-state index in [2.05, 4.69) is 27.6 Å². The van der Waals surface area contributed by atoms with Gasteiger partial charge in [-0.1, -0.05) is 42.1 Å². The third-order valence-electron chi connectivity index (χ3n) is 3.63. The molecule has 2 aromatic carbocycles. The monoisotopic (exact) mass is 371 g/mol. The van der Waals surface area contributed by atoms with E-state index < -0.39 is 0 Å². The van der Waals surface area contributed by atoms with Crippen molar-refractivity contribution in [2.45, 2.75) is 18.1 Å². The van der Waals surface area contributed by atoms with Gasteiger partial charge in [-0.25, -0.2) is 4.39 Å². The molecule has 1 N–H and O–H groups in total. The summed E-state index contributed by atoms with van der Waals surface area (Å²) in [6.45, 7) is 0.624. The van der Waals surface area contributed by atoms with Gasteiger partial charge in [0.05, 0.1) is 5.75 Å². The van der Waals surface area contributed by atoms with Crippen LogP contribution in [0.15, 0.2) is 64.2 Å². The second-order valence-electron chi connectivity index (χ2n) is 5.61. The number of hydrogen-bond acceptors (Lipinski definition) is 5. The average Bonchev–Trinajstić information content (AvgIpc) is 3.14. The van der Waals surface area contributed by atoms with Crippen LogP contribution in [-0.2, 0) is 11.2 Å². The summed E-state index contributed by atoms with van der Waals surface area (Å²) in [5.74, 6) is 0.100. The van der Waals surface area contributed by atoms with Gasteiger partial charge >= 0.3 is 0 Å². The number of carbonyl (C=O) groups is 1. The van der Waals surface area contributed by atoms with Crippen molar-refractivity contribution in [3.8, 4) is 11.5 Å². The molecule has 1 aromatic heterocycles. The molecule has 3 aromatic rings. The highest BCUT2D eigenvalue weighted by atomic mass is 32.2. The van der Waals surface area contributed by atoms with Crippen LogP contribution in [0, 0.1) is 5.82 Å². The van der Waals surface area contributed by atoms with Gasteiger partial charge < -0.3 is 9.73 Å². The third kappa shape index (κ3) is 5.42. The smallest absolute Gasteiger partial charge is 0.277 e. The molecule has 0 aliphatic carbocycles. The second kappa shape index (κ2) is 9.15. The molecule has 0 aliphatic rings. The zero-order valence-corrected chi connectivity index (χ0v) is 14.8. The molecule has 0 atom stereocenters. The molecular formula is C19H18FN3O2S. The van der Waals surface area contributed by atoms with Gasteiger partial charge in [-0.05, 0) is 42.7 Å². The lowest BCUT2D eigenvalue weighted by atomic mass is 10.1. The van der Waals surface area contributed by atoms with Crippen LogP contribution in [-0.4, -0.2) is 28.4 Å². The number of benzene rings is 2. The quantitative estimate of drug-likeness (QED) is 0.483. The van der Waals surface area contributed by atoms with Crippen molar-refractivity contribution in [3.05, 3.63) is 66.0 Å². The predicted octanol–water partition coefficient (Wildman–Crippen LogP) is 3.72. The molecule has 26 heavy (non-hydrogen) atoms. The predicted molar refractivity (Wildman–Crippen MR) is 98.2 cm³/mol. The van der Waals surface area contributed by atoms with Crippen LogP contribution in [0.5, 0.6) is 0 Å². The number of nitrogens with zero attached hydrogens (tertiary/aromatic N) is 2. The summed E-state index contributed by atoms with van der Waals surface area (Å²) in [5.41, 5.74) is 1.89. The number of thioether (sulfide) groups is 1. The zero-order chi connectivity index (χ0) is 18.2. The van der Waals surface area contributed by atoms with Crippen LogP contribution < -0.4 is 5.32 Å². The van der Waals surface area contributed by atoms with Crippen molar-refractivity contribution in [1.82, 2.24) is 15.5 Å². The first-order chi connectivity index (χ1) is 12.7. The molecule has 0 bridgehead atoms. The Labute approximate surface area is 155 Å². The molecule has 134 valence electrons. The van der Waals surface area contributed by atoms with Crippen molar-refractivity contribution in [3.63, 3.8) is 0 Å². The molecule has 1 amide bonds. The molecule has 0 spiro atoms. The van der Waals surface area contributed by atoms with Gasteiger partial charge in [-0.3, -0.25) is 4.79 Å². The maximum atomic E-state index is 12.9. The fourth-order valence-corrected chi connectivity index (χ4v) is 2.91. The minimum absolute atomic E-state index is 0.0791. The Bertz CT molecular complexity index is 838. The van der Waals surface area contributed by atoms with Crippen LogP contribution in [0.3, 0.4) is 0 Å². The molecule has 5 nitrogen and oxygen atoms in total. The number of amides is 1. The highest BCUT2D eigenvalue weighted by molar-refractivity contribution is 7.99. The number of carbonyl (C=O) groups excluding carboxylic acids is 1. The molecule has 0 aliphatic heterocycles. The van der Waals surface area contributed by atoms with Gasteiger partial charge in [0.1, 0.15) is 5.82 Å². The van der Waals surface area contributed by atoms with E-state index in [9.17, 15) is 9.18 Å². The molecule has 0 saturated heterocycles. The third-order valence-corrected chi connectivity index (χ3v) is 4.45. The van der Waals surface area contributed by atoms with Crippen LogP contribution in [0.1, 0.15) is 12.0 Å². The normalized spacial score (nSPS) is 10.7. The van der Waals surface area contributed by atoms with Crippen molar-refractivity contribution >= 4 is 17.7 Å². The molecular weight excluding hydrogens is 353 g/mol. The minimum atomic E-state index is -0.327. The first-order valence-electron chi connectivity index (χ1n) is 8.23. The van der Waals surface area contributed by atoms with E-state index in [1.54, 1.807) is 12.1 Å². The van der Waals surface area contributed by atoms with E-state index in [-0.39, 0.29) is 17.5 Å². The van der Waals surface area contributed by atoms with E-state index in [1.807, 2.05) is 18.2 Å². The van der Waals surface area contributed by atoms with E-state index in [0.717, 1.165) is 12.8 Å². The van der Waals surface area contributed by atoms with Crippen LogP contribution in [0.2, 0.25) is 0 Å². The average molecular weight is 371 g/mol. The molecule has 0 saturated carbocycles. The van der Waals surface area contributed by atoms with Crippen LogP contribution in [0.4, 0.5) is 4.39 Å². The summed E-state index contributed by atoms with van der Waals surface area (Å²) < 4.78 is 18.4. The van der Waals surface area contributed by atoms with Gasteiger partial charge in [0.2, 0.25) is 11.8 Å². The number of aryl methyl sites for hydroxylation is 1. The second-order valence-corrected chi connectivity index (χ2v) is 6.53. The van der Waals surface area contributed by atoms with Gasteiger partial charge in [0.25, 0.3) is 5.22 Å². The zero-order valence-electron chi connectivity index (χ0n) is 14.0. The van der Waals surface area contributed by atoms with Gasteiger partial charge in [0, 0.05) is 12.1 Å². The Morgan fingerprint density at radius 2 is 1.85 bits per heavy atom. The number of aromatic nitrogens is 2. The fourth-order valence-electron chi connectivity index (χ4n) is 2.32. The molecule has 0 radical (unpaired) electrons. The maximum absolute atomic E-state index is 12.9. The molecule has 0 fully saturated rings. The minimum Gasteiger partial charge on any atom is -0.411 e. The Kier molecular flexibility index (Phi) is 6.38. The summed E-state index contributed by atoms with van der Waals surface area (Å²) in [6.07, 6.45) is 1.81. The van der Waals surface area contributed by atoms with Gasteiger partial charge in [-0.2, -0.15) is 0 Å². The molecule has 3 rings (SSSR count). The fraction of sp³-hybridized carbons (Fsp3) is 0.211. The lowest BCUT2D eigenvalue weighted by molar-refractivity contribution is -0.118.